The molecular weight excluding hydrogens is 399 g/mol. The first-order valence-electron chi connectivity index (χ1n) is 9.79. The summed E-state index contributed by atoms with van der Waals surface area (Å²) >= 11 is 0. The van der Waals surface area contributed by atoms with E-state index < -0.39 is 40.8 Å². The van der Waals surface area contributed by atoms with Crippen molar-refractivity contribution in [2.24, 2.45) is 5.92 Å². The molecular formula is C19H23FN4O6. The fourth-order valence-electron chi connectivity index (χ4n) is 3.63. The van der Waals surface area contributed by atoms with Crippen molar-refractivity contribution in [1.82, 2.24) is 9.80 Å². The van der Waals surface area contributed by atoms with Gasteiger partial charge in [0.15, 0.2) is 6.61 Å². The van der Waals surface area contributed by atoms with Gasteiger partial charge in [-0.2, -0.15) is 4.39 Å². The first kappa shape index (κ1) is 21.5. The van der Waals surface area contributed by atoms with Gasteiger partial charge in [-0.1, -0.05) is 0 Å². The molecule has 2 aliphatic rings. The molecule has 30 heavy (non-hydrogen) atoms. The summed E-state index contributed by atoms with van der Waals surface area (Å²) in [5.41, 5.74) is -0.751. The second-order valence-corrected chi connectivity index (χ2v) is 7.34. The van der Waals surface area contributed by atoms with Crippen LogP contribution >= 0.6 is 0 Å². The molecule has 0 unspecified atom stereocenters. The van der Waals surface area contributed by atoms with Crippen molar-refractivity contribution in [2.75, 3.05) is 38.1 Å². The standard InChI is InChI=1S/C19H23FN4O6/c20-15-6-5-14(10-16(15)24(28)29)21-17(25)12-30-18(26)13-4-3-9-23(11-13)19(27)22-7-1-2-8-22/h5-6,10,13H,1-4,7-9,11-12H2,(H,21,25)/t13-/m0/s1. The molecule has 1 aromatic carbocycles. The molecule has 2 aliphatic heterocycles. The zero-order chi connectivity index (χ0) is 21.7. The van der Waals surface area contributed by atoms with Gasteiger partial charge in [0, 0.05) is 37.9 Å². The minimum atomic E-state index is -1.02. The maximum atomic E-state index is 13.4. The Balaban J connectivity index is 1.48. The number of nitrogens with one attached hydrogen (secondary N) is 1. The van der Waals surface area contributed by atoms with Crippen molar-refractivity contribution >= 4 is 29.3 Å². The monoisotopic (exact) mass is 422 g/mol. The van der Waals surface area contributed by atoms with Crippen LogP contribution in [0.15, 0.2) is 18.2 Å². The Morgan fingerprint density at radius 2 is 1.87 bits per heavy atom. The minimum Gasteiger partial charge on any atom is -0.455 e. The minimum absolute atomic E-state index is 0.0178. The molecule has 1 aromatic rings. The fourth-order valence-corrected chi connectivity index (χ4v) is 3.63. The van der Waals surface area contributed by atoms with Crippen LogP contribution in [0.3, 0.4) is 0 Å². The third kappa shape index (κ3) is 5.22. The summed E-state index contributed by atoms with van der Waals surface area (Å²) in [6.07, 6.45) is 3.20. The molecule has 11 heteroatoms. The molecule has 2 saturated heterocycles. The highest BCUT2D eigenvalue weighted by Crippen LogP contribution is 2.22. The van der Waals surface area contributed by atoms with Gasteiger partial charge in [0.05, 0.1) is 10.8 Å². The van der Waals surface area contributed by atoms with E-state index in [1.165, 1.54) is 6.07 Å². The van der Waals surface area contributed by atoms with E-state index in [9.17, 15) is 28.9 Å². The number of piperidine rings is 1. The van der Waals surface area contributed by atoms with E-state index in [1.807, 2.05) is 0 Å². The third-order valence-corrected chi connectivity index (χ3v) is 5.17. The maximum Gasteiger partial charge on any atom is 0.320 e. The number of anilines is 1. The van der Waals surface area contributed by atoms with E-state index in [4.69, 9.17) is 4.74 Å². The molecule has 1 N–H and O–H groups in total. The van der Waals surface area contributed by atoms with Crippen LogP contribution in [-0.4, -0.2) is 65.4 Å². The molecule has 0 spiro atoms. The lowest BCUT2D eigenvalue weighted by atomic mass is 9.98. The predicted molar refractivity (Wildman–Crippen MR) is 103 cm³/mol. The lowest BCUT2D eigenvalue weighted by Crippen LogP contribution is -2.48. The number of carbonyl (C=O) groups excluding carboxylic acids is 3. The topological polar surface area (TPSA) is 122 Å². The van der Waals surface area contributed by atoms with Gasteiger partial charge in [-0.25, -0.2) is 4.79 Å². The molecule has 0 saturated carbocycles. The Morgan fingerprint density at radius 1 is 1.17 bits per heavy atom. The number of amides is 3. The van der Waals surface area contributed by atoms with Crippen LogP contribution in [-0.2, 0) is 14.3 Å². The van der Waals surface area contributed by atoms with E-state index in [0.29, 0.717) is 19.4 Å². The molecule has 0 radical (unpaired) electrons. The highest BCUT2D eigenvalue weighted by molar-refractivity contribution is 5.93. The Labute approximate surface area is 172 Å². The Hall–Kier alpha value is -3.24. The number of esters is 1. The van der Waals surface area contributed by atoms with E-state index in [1.54, 1.807) is 9.80 Å². The second-order valence-electron chi connectivity index (χ2n) is 7.34. The normalized spacial score (nSPS) is 18.8. The highest BCUT2D eigenvalue weighted by atomic mass is 19.1. The van der Waals surface area contributed by atoms with E-state index >= 15 is 0 Å². The summed E-state index contributed by atoms with van der Waals surface area (Å²) < 4.78 is 18.4. The number of nitro groups is 1. The van der Waals surface area contributed by atoms with E-state index in [-0.39, 0.29) is 18.3 Å². The summed E-state index contributed by atoms with van der Waals surface area (Å²) in [6, 6.07) is 2.86. The Kier molecular flexibility index (Phi) is 6.80. The highest BCUT2D eigenvalue weighted by Gasteiger charge is 2.32. The first-order chi connectivity index (χ1) is 14.3. The Bertz CT molecular complexity index is 842. The lowest BCUT2D eigenvalue weighted by Gasteiger charge is -2.34. The smallest absolute Gasteiger partial charge is 0.320 e. The number of halogens is 1. The third-order valence-electron chi connectivity index (χ3n) is 5.17. The SMILES string of the molecule is O=C(COC(=O)[C@H]1CCCN(C(=O)N2CCCC2)C1)Nc1ccc(F)c([N+](=O)[O-])c1. The first-order valence-corrected chi connectivity index (χ1v) is 9.79. The number of benzene rings is 1. The number of likely N-dealkylation sites (tertiary alicyclic amines) is 2. The van der Waals surface area contributed by atoms with E-state index in [2.05, 4.69) is 5.32 Å². The van der Waals surface area contributed by atoms with Gasteiger partial charge in [0.1, 0.15) is 0 Å². The number of hydrogen-bond acceptors (Lipinski definition) is 6. The average Bonchev–Trinajstić information content (AvgIpc) is 3.27. The number of ether oxygens (including phenoxy) is 1. The molecule has 1 atom stereocenters. The van der Waals surface area contributed by atoms with Crippen LogP contribution in [0.25, 0.3) is 0 Å². The lowest BCUT2D eigenvalue weighted by molar-refractivity contribution is -0.387. The quantitative estimate of drug-likeness (QED) is 0.441. The van der Waals surface area contributed by atoms with Gasteiger partial charge < -0.3 is 19.9 Å². The largest absolute Gasteiger partial charge is 0.455 e. The second kappa shape index (κ2) is 9.51. The maximum absolute atomic E-state index is 13.4. The number of carbonyl (C=O) groups is 3. The Morgan fingerprint density at radius 3 is 2.57 bits per heavy atom. The molecule has 10 nitrogen and oxygen atoms in total. The van der Waals surface area contributed by atoms with Crippen LogP contribution in [0.4, 0.5) is 20.6 Å². The summed E-state index contributed by atoms with van der Waals surface area (Å²) in [5, 5.41) is 13.1. The van der Waals surface area contributed by atoms with Crippen LogP contribution in [0.5, 0.6) is 0 Å². The molecule has 3 amide bonds. The van der Waals surface area contributed by atoms with Crippen LogP contribution < -0.4 is 5.32 Å². The zero-order valence-corrected chi connectivity index (χ0v) is 16.3. The van der Waals surface area contributed by atoms with Crippen molar-refractivity contribution in [1.29, 1.82) is 0 Å². The number of rotatable bonds is 5. The number of nitrogens with zero attached hydrogens (tertiary/aromatic N) is 3. The number of urea groups is 1. The van der Waals surface area contributed by atoms with Crippen molar-refractivity contribution < 1.29 is 28.4 Å². The fraction of sp³-hybridized carbons (Fsp3) is 0.526. The molecule has 0 aromatic heterocycles. The predicted octanol–water partition coefficient (Wildman–Crippen LogP) is 2.14. The van der Waals surface area contributed by atoms with Crippen LogP contribution in [0, 0.1) is 21.8 Å². The number of nitro benzene ring substituents is 1. The summed E-state index contributed by atoms with van der Waals surface area (Å²) in [6.45, 7) is 1.71. The summed E-state index contributed by atoms with van der Waals surface area (Å²) in [7, 11) is 0. The molecule has 0 bridgehead atoms. The molecule has 3 rings (SSSR count). The van der Waals surface area contributed by atoms with E-state index in [0.717, 1.165) is 38.1 Å². The summed E-state index contributed by atoms with van der Waals surface area (Å²) in [5.74, 6) is -2.81. The van der Waals surface area contributed by atoms with Gasteiger partial charge in [-0.3, -0.25) is 19.7 Å². The molecule has 162 valence electrons. The summed E-state index contributed by atoms with van der Waals surface area (Å²) in [4.78, 5) is 50.1. The van der Waals surface area contributed by atoms with Crippen molar-refractivity contribution in [3.63, 3.8) is 0 Å². The van der Waals surface area contributed by atoms with Crippen molar-refractivity contribution in [3.05, 3.63) is 34.1 Å². The molecule has 2 fully saturated rings. The zero-order valence-electron chi connectivity index (χ0n) is 16.3. The van der Waals surface area contributed by atoms with Gasteiger partial charge >= 0.3 is 17.7 Å². The van der Waals surface area contributed by atoms with Crippen LogP contribution in [0.2, 0.25) is 0 Å². The van der Waals surface area contributed by atoms with Crippen molar-refractivity contribution in [2.45, 2.75) is 25.7 Å². The average molecular weight is 422 g/mol. The van der Waals surface area contributed by atoms with Crippen LogP contribution in [0.1, 0.15) is 25.7 Å². The molecule has 0 aliphatic carbocycles. The van der Waals surface area contributed by atoms with Crippen molar-refractivity contribution in [3.8, 4) is 0 Å². The van der Waals surface area contributed by atoms with Gasteiger partial charge in [-0.15, -0.1) is 0 Å². The number of hydrogen-bond donors (Lipinski definition) is 1. The van der Waals surface area contributed by atoms with Gasteiger partial charge in [0.25, 0.3) is 5.91 Å². The van der Waals surface area contributed by atoms with Gasteiger partial charge in [0.2, 0.25) is 5.82 Å². The molecule has 2 heterocycles. The van der Waals surface area contributed by atoms with Gasteiger partial charge in [-0.05, 0) is 37.8 Å².